The molecule has 2 N–H and O–H groups in total. The number of alkyl halides is 3. The lowest BCUT2D eigenvalue weighted by Gasteiger charge is -2.23. The molecule has 26 heavy (non-hydrogen) atoms. The van der Waals surface area contributed by atoms with E-state index in [9.17, 15) is 18.0 Å². The quantitative estimate of drug-likeness (QED) is 0.839. The fourth-order valence-corrected chi connectivity index (χ4v) is 2.95. The van der Waals surface area contributed by atoms with Crippen molar-refractivity contribution in [3.63, 3.8) is 0 Å². The average Bonchev–Trinajstić information content (AvgIpc) is 2.62. The Morgan fingerprint density at radius 1 is 1.04 bits per heavy atom. The van der Waals surface area contributed by atoms with Crippen LogP contribution in [0.4, 0.5) is 24.7 Å². The number of carbonyl (C=O) groups excluding carboxylic acids is 1. The van der Waals surface area contributed by atoms with Crippen LogP contribution in [0.25, 0.3) is 0 Å². The van der Waals surface area contributed by atoms with Gasteiger partial charge in [0.1, 0.15) is 17.8 Å². The summed E-state index contributed by atoms with van der Waals surface area (Å²) in [5.74, 6) is 0.0725. The van der Waals surface area contributed by atoms with Crippen LogP contribution in [-0.4, -0.2) is 21.9 Å². The molecule has 0 aliphatic heterocycles. The summed E-state index contributed by atoms with van der Waals surface area (Å²) in [5.41, 5.74) is -0.349. The number of nitrogens with zero attached hydrogens (tertiary/aromatic N) is 2. The Hall–Kier alpha value is -2.64. The van der Waals surface area contributed by atoms with Crippen LogP contribution in [0.5, 0.6) is 0 Å². The van der Waals surface area contributed by atoms with Gasteiger partial charge in [0, 0.05) is 17.8 Å². The second kappa shape index (κ2) is 7.72. The van der Waals surface area contributed by atoms with E-state index in [2.05, 4.69) is 20.6 Å². The fraction of sp³-hybridized carbons (Fsp3) is 0.389. The van der Waals surface area contributed by atoms with Crippen LogP contribution >= 0.6 is 0 Å². The third-order valence-corrected chi connectivity index (χ3v) is 4.33. The highest BCUT2D eigenvalue weighted by Crippen LogP contribution is 2.29. The van der Waals surface area contributed by atoms with Crippen molar-refractivity contribution in [2.75, 3.05) is 10.6 Å². The normalized spacial score (nSPS) is 15.5. The number of hydrogen-bond acceptors (Lipinski definition) is 4. The van der Waals surface area contributed by atoms with Crippen LogP contribution in [0.2, 0.25) is 0 Å². The fourth-order valence-electron chi connectivity index (χ4n) is 2.95. The van der Waals surface area contributed by atoms with Gasteiger partial charge in [-0.05, 0) is 37.1 Å². The van der Waals surface area contributed by atoms with Gasteiger partial charge in [-0.2, -0.15) is 13.2 Å². The van der Waals surface area contributed by atoms with Crippen LogP contribution in [0.1, 0.15) is 48.2 Å². The molecule has 1 aromatic heterocycles. The van der Waals surface area contributed by atoms with Gasteiger partial charge in [-0.25, -0.2) is 9.97 Å². The number of nitrogens with one attached hydrogen (secondary N) is 2. The van der Waals surface area contributed by atoms with Crippen LogP contribution in [0.3, 0.4) is 0 Å². The van der Waals surface area contributed by atoms with E-state index in [1.807, 2.05) is 0 Å². The van der Waals surface area contributed by atoms with Gasteiger partial charge in [-0.1, -0.05) is 19.3 Å². The van der Waals surface area contributed by atoms with Gasteiger partial charge in [-0.15, -0.1) is 0 Å². The van der Waals surface area contributed by atoms with Crippen LogP contribution in [0, 0.1) is 0 Å². The molecule has 1 saturated carbocycles. The van der Waals surface area contributed by atoms with Crippen molar-refractivity contribution >= 4 is 17.4 Å². The zero-order chi connectivity index (χ0) is 18.6. The summed E-state index contributed by atoms with van der Waals surface area (Å²) < 4.78 is 37.7. The molecule has 0 atom stereocenters. The summed E-state index contributed by atoms with van der Waals surface area (Å²) in [6, 6.07) is 6.15. The van der Waals surface area contributed by atoms with E-state index in [0.717, 1.165) is 25.0 Å². The lowest BCUT2D eigenvalue weighted by atomic mass is 9.95. The number of halogens is 3. The lowest BCUT2D eigenvalue weighted by molar-refractivity contribution is -0.137. The number of hydrogen-bond donors (Lipinski definition) is 2. The first-order valence-electron chi connectivity index (χ1n) is 8.49. The van der Waals surface area contributed by atoms with Gasteiger partial charge in [0.25, 0.3) is 5.91 Å². The van der Waals surface area contributed by atoms with E-state index >= 15 is 0 Å². The van der Waals surface area contributed by atoms with E-state index in [0.29, 0.717) is 11.9 Å². The number of anilines is 2. The highest BCUT2D eigenvalue weighted by Gasteiger charge is 2.30. The van der Waals surface area contributed by atoms with Gasteiger partial charge in [-0.3, -0.25) is 4.79 Å². The Bertz CT molecular complexity index is 756. The molecule has 1 fully saturated rings. The molecule has 1 heterocycles. The number of amides is 1. The third-order valence-electron chi connectivity index (χ3n) is 4.33. The molecule has 1 aromatic carbocycles. The van der Waals surface area contributed by atoms with Crippen LogP contribution < -0.4 is 10.6 Å². The summed E-state index contributed by atoms with van der Waals surface area (Å²) in [5, 5.41) is 5.85. The summed E-state index contributed by atoms with van der Waals surface area (Å²) >= 11 is 0. The molecular formula is C18H19F3N4O. The zero-order valence-corrected chi connectivity index (χ0v) is 14.0. The van der Waals surface area contributed by atoms with Gasteiger partial charge in [0.2, 0.25) is 0 Å². The molecule has 3 rings (SSSR count). The maximum Gasteiger partial charge on any atom is 0.416 e. The standard InChI is InChI=1S/C18H19F3N4O/c19-18(20,21)12-6-8-14(9-7-12)25-17(26)15-10-16(23-11-22-15)24-13-4-2-1-3-5-13/h6-11,13H,1-5H2,(H,25,26)(H,22,23,24). The van der Waals surface area contributed by atoms with Crippen LogP contribution in [-0.2, 0) is 6.18 Å². The predicted octanol–water partition coefficient (Wildman–Crippen LogP) is 4.49. The van der Waals surface area contributed by atoms with Crippen molar-refractivity contribution in [1.29, 1.82) is 0 Å². The third kappa shape index (κ3) is 4.71. The van der Waals surface area contributed by atoms with Gasteiger partial charge in [0.05, 0.1) is 5.56 Å². The van der Waals surface area contributed by atoms with E-state index in [4.69, 9.17) is 0 Å². The zero-order valence-electron chi connectivity index (χ0n) is 14.0. The van der Waals surface area contributed by atoms with E-state index in [1.54, 1.807) is 6.07 Å². The molecule has 1 aliphatic carbocycles. The van der Waals surface area contributed by atoms with E-state index in [-0.39, 0.29) is 11.4 Å². The minimum Gasteiger partial charge on any atom is -0.367 e. The summed E-state index contributed by atoms with van der Waals surface area (Å²) in [6.07, 6.45) is 2.60. The minimum absolute atomic E-state index is 0.151. The van der Waals surface area contributed by atoms with Crippen molar-refractivity contribution < 1.29 is 18.0 Å². The molecular weight excluding hydrogens is 345 g/mol. The highest BCUT2D eigenvalue weighted by molar-refractivity contribution is 6.03. The maximum atomic E-state index is 12.6. The lowest BCUT2D eigenvalue weighted by Crippen LogP contribution is -2.23. The summed E-state index contributed by atoms with van der Waals surface area (Å²) in [4.78, 5) is 20.4. The molecule has 5 nitrogen and oxygen atoms in total. The highest BCUT2D eigenvalue weighted by atomic mass is 19.4. The van der Waals surface area contributed by atoms with E-state index < -0.39 is 17.6 Å². The smallest absolute Gasteiger partial charge is 0.367 e. The van der Waals surface area contributed by atoms with Gasteiger partial charge in [0.15, 0.2) is 0 Å². The summed E-state index contributed by atoms with van der Waals surface area (Å²) in [6.45, 7) is 0. The molecule has 2 aromatic rings. The van der Waals surface area contributed by atoms with Crippen molar-refractivity contribution in [1.82, 2.24) is 9.97 Å². The summed E-state index contributed by atoms with van der Waals surface area (Å²) in [7, 11) is 0. The molecule has 1 aliphatic rings. The van der Waals surface area contributed by atoms with Crippen molar-refractivity contribution in [3.05, 3.63) is 47.9 Å². The average molecular weight is 364 g/mol. The van der Waals surface area contributed by atoms with Crippen molar-refractivity contribution in [2.24, 2.45) is 0 Å². The Morgan fingerprint density at radius 3 is 2.38 bits per heavy atom. The second-order valence-corrected chi connectivity index (χ2v) is 6.30. The maximum absolute atomic E-state index is 12.6. The largest absolute Gasteiger partial charge is 0.416 e. The number of rotatable bonds is 4. The second-order valence-electron chi connectivity index (χ2n) is 6.30. The number of aromatic nitrogens is 2. The SMILES string of the molecule is O=C(Nc1ccc(C(F)(F)F)cc1)c1cc(NC2CCCCC2)ncn1. The first kappa shape index (κ1) is 18.2. The Balaban J connectivity index is 1.65. The van der Waals surface area contributed by atoms with Gasteiger partial charge < -0.3 is 10.6 Å². The molecule has 138 valence electrons. The predicted molar refractivity (Wildman–Crippen MR) is 91.9 cm³/mol. The van der Waals surface area contributed by atoms with Crippen LogP contribution in [0.15, 0.2) is 36.7 Å². The first-order valence-corrected chi connectivity index (χ1v) is 8.49. The Kier molecular flexibility index (Phi) is 5.39. The molecule has 0 bridgehead atoms. The molecule has 0 unspecified atom stereocenters. The number of benzene rings is 1. The van der Waals surface area contributed by atoms with Crippen molar-refractivity contribution in [3.8, 4) is 0 Å². The molecule has 0 radical (unpaired) electrons. The minimum atomic E-state index is -4.41. The molecule has 1 amide bonds. The number of carbonyl (C=O) groups is 1. The molecule has 0 saturated heterocycles. The molecule has 0 spiro atoms. The Morgan fingerprint density at radius 2 is 1.73 bits per heavy atom. The topological polar surface area (TPSA) is 66.9 Å². The Labute approximate surface area is 149 Å². The first-order chi connectivity index (χ1) is 12.4. The van der Waals surface area contributed by atoms with E-state index in [1.165, 1.54) is 37.7 Å². The monoisotopic (exact) mass is 364 g/mol. The van der Waals surface area contributed by atoms with Gasteiger partial charge >= 0.3 is 6.18 Å². The molecule has 8 heteroatoms. The van der Waals surface area contributed by atoms with Crippen molar-refractivity contribution in [2.45, 2.75) is 44.3 Å².